The van der Waals surface area contributed by atoms with Crippen LogP contribution in [0, 0.1) is 0 Å². The number of piperazine rings is 1. The number of halogens is 1. The highest BCUT2D eigenvalue weighted by atomic mass is 79.9. The Morgan fingerprint density at radius 2 is 2.21 bits per heavy atom. The van der Waals surface area contributed by atoms with Crippen molar-refractivity contribution in [3.8, 4) is 0 Å². The van der Waals surface area contributed by atoms with E-state index in [0.29, 0.717) is 19.1 Å². The summed E-state index contributed by atoms with van der Waals surface area (Å²) in [6, 6.07) is 8.05. The van der Waals surface area contributed by atoms with Crippen LogP contribution in [0.1, 0.15) is 6.92 Å². The van der Waals surface area contributed by atoms with E-state index < -0.39 is 0 Å². The van der Waals surface area contributed by atoms with E-state index in [9.17, 15) is 4.79 Å². The summed E-state index contributed by atoms with van der Waals surface area (Å²) in [4.78, 5) is 16.4. The van der Waals surface area contributed by atoms with Crippen LogP contribution >= 0.6 is 15.9 Å². The lowest BCUT2D eigenvalue weighted by atomic mass is 10.1. The molecule has 5 heteroatoms. The number of rotatable bonds is 3. The third kappa shape index (κ3) is 3.55. The first-order valence-corrected chi connectivity index (χ1v) is 7.24. The van der Waals surface area contributed by atoms with Gasteiger partial charge in [-0.05, 0) is 39.2 Å². The number of hydrogen-bond donors (Lipinski definition) is 1. The van der Waals surface area contributed by atoms with Crippen LogP contribution < -0.4 is 10.2 Å². The van der Waals surface area contributed by atoms with Crippen molar-refractivity contribution in [3.05, 3.63) is 28.7 Å². The number of benzene rings is 1. The average molecular weight is 326 g/mol. The van der Waals surface area contributed by atoms with Crippen LogP contribution in [0.15, 0.2) is 28.7 Å². The molecule has 104 valence electrons. The van der Waals surface area contributed by atoms with Crippen LogP contribution in [-0.4, -0.2) is 50.1 Å². The van der Waals surface area contributed by atoms with Gasteiger partial charge in [-0.2, -0.15) is 0 Å². The van der Waals surface area contributed by atoms with Crippen LogP contribution in [0.25, 0.3) is 0 Å². The monoisotopic (exact) mass is 325 g/mol. The van der Waals surface area contributed by atoms with Gasteiger partial charge in [0.15, 0.2) is 0 Å². The first-order chi connectivity index (χ1) is 8.97. The van der Waals surface area contributed by atoms with Crippen molar-refractivity contribution in [2.75, 3.05) is 32.1 Å². The Morgan fingerprint density at radius 3 is 2.84 bits per heavy atom. The molecule has 1 aliphatic heterocycles. The summed E-state index contributed by atoms with van der Waals surface area (Å²) in [5.41, 5.74) is 0.955. The van der Waals surface area contributed by atoms with Gasteiger partial charge in [-0.25, -0.2) is 0 Å². The van der Waals surface area contributed by atoms with Gasteiger partial charge in [-0.15, -0.1) is 0 Å². The van der Waals surface area contributed by atoms with Gasteiger partial charge in [0.2, 0.25) is 5.91 Å². The Kier molecular flexibility index (Phi) is 4.60. The molecule has 1 N–H and O–H groups in total. The van der Waals surface area contributed by atoms with E-state index in [-0.39, 0.29) is 11.9 Å². The molecule has 19 heavy (non-hydrogen) atoms. The highest BCUT2D eigenvalue weighted by molar-refractivity contribution is 9.10. The normalized spacial score (nSPS) is 24.1. The summed E-state index contributed by atoms with van der Waals surface area (Å²) in [5, 5.41) is 3.37. The van der Waals surface area contributed by atoms with E-state index in [1.54, 1.807) is 0 Å². The number of nitrogens with one attached hydrogen (secondary N) is 1. The summed E-state index contributed by atoms with van der Waals surface area (Å²) in [5.74, 6) is 0.143. The Bertz CT molecular complexity index is 462. The number of carbonyl (C=O) groups excluding carboxylic acids is 1. The topological polar surface area (TPSA) is 35.6 Å². The minimum atomic E-state index is -0.141. The lowest BCUT2D eigenvalue weighted by Crippen LogP contribution is -2.62. The van der Waals surface area contributed by atoms with Gasteiger partial charge in [-0.1, -0.05) is 22.0 Å². The van der Waals surface area contributed by atoms with E-state index in [1.807, 2.05) is 48.2 Å². The minimum Gasteiger partial charge on any atom is -0.309 e. The van der Waals surface area contributed by atoms with Gasteiger partial charge in [0, 0.05) is 29.3 Å². The van der Waals surface area contributed by atoms with Gasteiger partial charge < -0.3 is 15.1 Å². The molecule has 1 aliphatic rings. The number of hydrogen-bond acceptors (Lipinski definition) is 3. The second-order valence-electron chi connectivity index (χ2n) is 5.31. The molecule has 1 saturated heterocycles. The first kappa shape index (κ1) is 14.5. The van der Waals surface area contributed by atoms with E-state index in [2.05, 4.69) is 28.2 Å². The van der Waals surface area contributed by atoms with Crippen LogP contribution in [0.2, 0.25) is 0 Å². The van der Waals surface area contributed by atoms with E-state index in [0.717, 1.165) is 10.2 Å². The highest BCUT2D eigenvalue weighted by Gasteiger charge is 2.32. The number of carbonyl (C=O) groups is 1. The molecule has 1 aromatic rings. The summed E-state index contributed by atoms with van der Waals surface area (Å²) >= 11 is 3.46. The lowest BCUT2D eigenvalue weighted by molar-refractivity contribution is -0.122. The first-order valence-electron chi connectivity index (χ1n) is 6.45. The molecule has 2 rings (SSSR count). The van der Waals surface area contributed by atoms with Crippen LogP contribution in [0.3, 0.4) is 0 Å². The number of anilines is 1. The molecular formula is C14H20BrN3O. The molecule has 0 saturated carbocycles. The van der Waals surface area contributed by atoms with E-state index in [1.165, 1.54) is 0 Å². The lowest BCUT2D eigenvalue weighted by Gasteiger charge is -2.38. The maximum Gasteiger partial charge on any atom is 0.245 e. The third-order valence-electron chi connectivity index (χ3n) is 3.17. The zero-order chi connectivity index (χ0) is 14.0. The van der Waals surface area contributed by atoms with Crippen LogP contribution in [0.4, 0.5) is 5.69 Å². The fourth-order valence-electron chi connectivity index (χ4n) is 2.39. The Morgan fingerprint density at radius 1 is 1.47 bits per heavy atom. The third-order valence-corrected chi connectivity index (χ3v) is 3.67. The number of amides is 1. The predicted octanol–water partition coefficient (Wildman–Crippen LogP) is 1.70. The maximum absolute atomic E-state index is 12.5. The Hall–Kier alpha value is -0.910. The maximum atomic E-state index is 12.5. The Balaban J connectivity index is 2.22. The molecular weight excluding hydrogens is 306 g/mol. The van der Waals surface area contributed by atoms with Crippen molar-refractivity contribution >= 4 is 27.5 Å². The minimum absolute atomic E-state index is 0.141. The van der Waals surface area contributed by atoms with Crippen molar-refractivity contribution in [3.63, 3.8) is 0 Å². The number of likely N-dealkylation sites (N-methyl/N-ethyl adjacent to an activating group) is 1. The standard InChI is InChI=1S/C14H20BrN3O/c1-10-8-18(12-6-4-5-11(15)7-12)14(19)13(16-10)9-17(2)3/h4-7,10,13,16H,8-9H2,1-3H3. The smallest absolute Gasteiger partial charge is 0.245 e. The van der Waals surface area contributed by atoms with Gasteiger partial charge in [0.05, 0.1) is 0 Å². The van der Waals surface area contributed by atoms with Crippen molar-refractivity contribution in [1.29, 1.82) is 0 Å². The quantitative estimate of drug-likeness (QED) is 0.918. The van der Waals surface area contributed by atoms with Crippen molar-refractivity contribution in [2.24, 2.45) is 0 Å². The van der Waals surface area contributed by atoms with Gasteiger partial charge in [0.1, 0.15) is 6.04 Å². The van der Waals surface area contributed by atoms with Crippen LogP contribution in [0.5, 0.6) is 0 Å². The summed E-state index contributed by atoms with van der Waals surface area (Å²) in [7, 11) is 3.97. The average Bonchev–Trinajstić information content (AvgIpc) is 2.32. The van der Waals surface area contributed by atoms with E-state index in [4.69, 9.17) is 0 Å². The predicted molar refractivity (Wildman–Crippen MR) is 81.4 cm³/mol. The summed E-state index contributed by atoms with van der Waals surface area (Å²) in [6.07, 6.45) is 0. The van der Waals surface area contributed by atoms with Crippen molar-refractivity contribution in [2.45, 2.75) is 19.0 Å². The molecule has 1 fully saturated rings. The van der Waals surface area contributed by atoms with Crippen LogP contribution in [-0.2, 0) is 4.79 Å². The second kappa shape index (κ2) is 6.03. The molecule has 0 aromatic heterocycles. The van der Waals surface area contributed by atoms with E-state index >= 15 is 0 Å². The molecule has 1 aromatic carbocycles. The number of nitrogens with zero attached hydrogens (tertiary/aromatic N) is 2. The van der Waals surface area contributed by atoms with Crippen molar-refractivity contribution < 1.29 is 4.79 Å². The molecule has 1 heterocycles. The molecule has 1 amide bonds. The molecule has 0 radical (unpaired) electrons. The van der Waals surface area contributed by atoms with Gasteiger partial charge >= 0.3 is 0 Å². The summed E-state index contributed by atoms with van der Waals surface area (Å²) in [6.45, 7) is 3.53. The zero-order valence-electron chi connectivity index (χ0n) is 11.6. The van der Waals surface area contributed by atoms with Gasteiger partial charge in [-0.3, -0.25) is 4.79 Å². The Labute approximate surface area is 122 Å². The molecule has 0 spiro atoms. The molecule has 0 bridgehead atoms. The zero-order valence-corrected chi connectivity index (χ0v) is 13.1. The highest BCUT2D eigenvalue weighted by Crippen LogP contribution is 2.22. The second-order valence-corrected chi connectivity index (χ2v) is 6.23. The molecule has 4 nitrogen and oxygen atoms in total. The van der Waals surface area contributed by atoms with Gasteiger partial charge in [0.25, 0.3) is 0 Å². The molecule has 2 atom stereocenters. The fourth-order valence-corrected chi connectivity index (χ4v) is 2.78. The fraction of sp³-hybridized carbons (Fsp3) is 0.500. The SMILES string of the molecule is CC1CN(c2cccc(Br)c2)C(=O)C(CN(C)C)N1. The summed E-state index contributed by atoms with van der Waals surface area (Å²) < 4.78 is 0.994. The largest absolute Gasteiger partial charge is 0.309 e. The van der Waals surface area contributed by atoms with Crippen molar-refractivity contribution in [1.82, 2.24) is 10.2 Å². The molecule has 2 unspecified atom stereocenters. The molecule has 0 aliphatic carbocycles.